The van der Waals surface area contributed by atoms with Gasteiger partial charge in [0.2, 0.25) is 10.0 Å². The van der Waals surface area contributed by atoms with Crippen LogP contribution < -0.4 is 4.72 Å². The molecule has 7 heteroatoms. The van der Waals surface area contributed by atoms with Crippen LogP contribution in [0.15, 0.2) is 10.3 Å². The van der Waals surface area contributed by atoms with Crippen molar-refractivity contribution < 1.29 is 17.9 Å². The summed E-state index contributed by atoms with van der Waals surface area (Å²) < 4.78 is 31.1. The molecule has 0 aromatic carbocycles. The summed E-state index contributed by atoms with van der Waals surface area (Å²) in [5.74, 6) is -0.632. The average Bonchev–Trinajstić information content (AvgIpc) is 2.57. The summed E-state index contributed by atoms with van der Waals surface area (Å²) in [7, 11) is -2.45. The number of rotatable bonds is 4. The lowest BCUT2D eigenvalue weighted by Crippen LogP contribution is -2.31. The molecule has 17 heavy (non-hydrogen) atoms. The van der Waals surface area contributed by atoms with E-state index in [0.717, 1.165) is 11.3 Å². The van der Waals surface area contributed by atoms with Gasteiger partial charge in [-0.2, -0.15) is 0 Å². The standard InChI is InChI=1S/C10H15NO4S2/c1-6(2)11-17(13,14)9-7(3)5-16-8(9)10(12)15-4/h5-6,11H,1-4H3. The molecule has 0 fully saturated rings. The number of ether oxygens (including phenoxy) is 1. The number of carbonyl (C=O) groups excluding carboxylic acids is 1. The van der Waals surface area contributed by atoms with E-state index >= 15 is 0 Å². The Labute approximate surface area is 105 Å². The Balaban J connectivity index is 3.30. The Kier molecular flexibility index (Phi) is 4.29. The van der Waals surface area contributed by atoms with Crippen molar-refractivity contribution >= 4 is 27.3 Å². The molecule has 1 heterocycles. The van der Waals surface area contributed by atoms with E-state index in [0.29, 0.717) is 5.56 Å². The van der Waals surface area contributed by atoms with Crippen molar-refractivity contribution in [1.29, 1.82) is 0 Å². The Bertz CT molecular complexity index is 516. The van der Waals surface area contributed by atoms with E-state index in [1.807, 2.05) is 0 Å². The van der Waals surface area contributed by atoms with Gasteiger partial charge >= 0.3 is 5.97 Å². The number of esters is 1. The molecule has 0 aliphatic heterocycles. The van der Waals surface area contributed by atoms with Gasteiger partial charge < -0.3 is 4.74 Å². The molecule has 0 aliphatic carbocycles. The van der Waals surface area contributed by atoms with Gasteiger partial charge in [-0.3, -0.25) is 0 Å². The van der Waals surface area contributed by atoms with Crippen LogP contribution in [0.5, 0.6) is 0 Å². The van der Waals surface area contributed by atoms with E-state index < -0.39 is 16.0 Å². The fourth-order valence-electron chi connectivity index (χ4n) is 1.37. The molecule has 96 valence electrons. The number of sulfonamides is 1. The normalized spacial score (nSPS) is 11.8. The third kappa shape index (κ3) is 3.05. The average molecular weight is 277 g/mol. The second-order valence-electron chi connectivity index (χ2n) is 3.84. The first-order valence-electron chi connectivity index (χ1n) is 4.98. The number of aryl methyl sites for hydroxylation is 1. The summed E-state index contributed by atoms with van der Waals surface area (Å²) in [6, 6.07) is -0.232. The third-order valence-corrected chi connectivity index (χ3v) is 5.00. The van der Waals surface area contributed by atoms with E-state index in [1.165, 1.54) is 7.11 Å². The molecule has 0 saturated heterocycles. The molecule has 0 radical (unpaired) electrons. The van der Waals surface area contributed by atoms with Crippen LogP contribution in [0, 0.1) is 6.92 Å². The zero-order chi connectivity index (χ0) is 13.2. The highest BCUT2D eigenvalue weighted by atomic mass is 32.2. The number of carbonyl (C=O) groups is 1. The van der Waals surface area contributed by atoms with Crippen molar-refractivity contribution in [3.8, 4) is 0 Å². The maximum absolute atomic E-state index is 12.1. The van der Waals surface area contributed by atoms with Crippen LogP contribution in [0.2, 0.25) is 0 Å². The van der Waals surface area contributed by atoms with E-state index in [1.54, 1.807) is 26.2 Å². The van der Waals surface area contributed by atoms with E-state index in [9.17, 15) is 13.2 Å². The largest absolute Gasteiger partial charge is 0.465 e. The summed E-state index contributed by atoms with van der Waals surface area (Å²) in [5.41, 5.74) is 0.545. The summed E-state index contributed by atoms with van der Waals surface area (Å²) in [4.78, 5) is 11.6. The van der Waals surface area contributed by atoms with Gasteiger partial charge in [0.25, 0.3) is 0 Å². The molecule has 1 aromatic rings. The van der Waals surface area contributed by atoms with Gasteiger partial charge in [-0.05, 0) is 31.7 Å². The van der Waals surface area contributed by atoms with Gasteiger partial charge in [0.05, 0.1) is 7.11 Å². The highest BCUT2D eigenvalue weighted by Gasteiger charge is 2.27. The topological polar surface area (TPSA) is 72.5 Å². The van der Waals surface area contributed by atoms with Crippen molar-refractivity contribution in [3.05, 3.63) is 15.8 Å². The minimum atomic E-state index is -3.67. The second kappa shape index (κ2) is 5.16. The van der Waals surface area contributed by atoms with Crippen LogP contribution in [0.1, 0.15) is 29.1 Å². The van der Waals surface area contributed by atoms with Crippen molar-refractivity contribution in [2.24, 2.45) is 0 Å². The molecule has 0 amide bonds. The molecular weight excluding hydrogens is 262 g/mol. The molecule has 1 aromatic heterocycles. The lowest BCUT2D eigenvalue weighted by molar-refractivity contribution is 0.0602. The van der Waals surface area contributed by atoms with Gasteiger partial charge in [-0.1, -0.05) is 0 Å². The zero-order valence-electron chi connectivity index (χ0n) is 10.1. The summed E-state index contributed by atoms with van der Waals surface area (Å²) in [5, 5.41) is 1.63. The Hall–Kier alpha value is -0.920. The Morgan fingerprint density at radius 2 is 2.06 bits per heavy atom. The van der Waals surface area contributed by atoms with Crippen LogP contribution in [-0.2, 0) is 14.8 Å². The highest BCUT2D eigenvalue weighted by Crippen LogP contribution is 2.27. The van der Waals surface area contributed by atoms with E-state index in [4.69, 9.17) is 0 Å². The van der Waals surface area contributed by atoms with Crippen LogP contribution in [0.3, 0.4) is 0 Å². The number of methoxy groups -OCH3 is 1. The SMILES string of the molecule is COC(=O)c1scc(C)c1S(=O)(=O)NC(C)C. The minimum absolute atomic E-state index is 0.0167. The minimum Gasteiger partial charge on any atom is -0.465 e. The van der Waals surface area contributed by atoms with Gasteiger partial charge in [0.1, 0.15) is 9.77 Å². The van der Waals surface area contributed by atoms with E-state index in [2.05, 4.69) is 9.46 Å². The maximum atomic E-state index is 12.1. The molecule has 0 atom stereocenters. The third-order valence-electron chi connectivity index (χ3n) is 1.95. The van der Waals surface area contributed by atoms with Crippen molar-refractivity contribution in [3.63, 3.8) is 0 Å². The van der Waals surface area contributed by atoms with Crippen molar-refractivity contribution in [2.75, 3.05) is 7.11 Å². The van der Waals surface area contributed by atoms with Gasteiger partial charge in [0, 0.05) is 6.04 Å². The fraction of sp³-hybridized carbons (Fsp3) is 0.500. The van der Waals surface area contributed by atoms with Gasteiger partial charge in [0.15, 0.2) is 0 Å². The zero-order valence-corrected chi connectivity index (χ0v) is 11.7. The number of thiophene rings is 1. The lowest BCUT2D eigenvalue weighted by Gasteiger charge is -2.10. The quantitative estimate of drug-likeness (QED) is 0.847. The molecule has 0 spiro atoms. The summed E-state index contributed by atoms with van der Waals surface area (Å²) in [6.07, 6.45) is 0. The van der Waals surface area contributed by atoms with Crippen molar-refractivity contribution in [2.45, 2.75) is 31.7 Å². The monoisotopic (exact) mass is 277 g/mol. The van der Waals surface area contributed by atoms with Gasteiger partial charge in [-0.25, -0.2) is 17.9 Å². The number of nitrogens with one attached hydrogen (secondary N) is 1. The molecule has 1 rings (SSSR count). The first-order chi connectivity index (χ1) is 7.79. The summed E-state index contributed by atoms with van der Waals surface area (Å²) >= 11 is 1.07. The predicted octanol–water partition coefficient (Wildman–Crippen LogP) is 1.53. The number of hydrogen-bond acceptors (Lipinski definition) is 5. The fourth-order valence-corrected chi connectivity index (χ4v) is 4.33. The predicted molar refractivity (Wildman–Crippen MR) is 65.9 cm³/mol. The molecule has 0 unspecified atom stereocenters. The lowest BCUT2D eigenvalue weighted by atomic mass is 10.3. The first kappa shape index (κ1) is 14.1. The van der Waals surface area contributed by atoms with Crippen LogP contribution >= 0.6 is 11.3 Å². The van der Waals surface area contributed by atoms with E-state index in [-0.39, 0.29) is 15.8 Å². The van der Waals surface area contributed by atoms with Crippen LogP contribution in [-0.4, -0.2) is 27.5 Å². The van der Waals surface area contributed by atoms with Crippen LogP contribution in [0.25, 0.3) is 0 Å². The van der Waals surface area contributed by atoms with Crippen molar-refractivity contribution in [1.82, 2.24) is 4.72 Å². The number of hydrogen-bond donors (Lipinski definition) is 1. The summed E-state index contributed by atoms with van der Waals surface area (Å²) in [6.45, 7) is 5.09. The van der Waals surface area contributed by atoms with Crippen LogP contribution in [0.4, 0.5) is 0 Å². The molecule has 1 N–H and O–H groups in total. The Morgan fingerprint density at radius 1 is 1.47 bits per heavy atom. The highest BCUT2D eigenvalue weighted by molar-refractivity contribution is 7.89. The first-order valence-corrected chi connectivity index (χ1v) is 7.34. The molecule has 0 bridgehead atoms. The molecule has 0 aliphatic rings. The smallest absolute Gasteiger partial charge is 0.349 e. The Morgan fingerprint density at radius 3 is 2.53 bits per heavy atom. The maximum Gasteiger partial charge on any atom is 0.349 e. The molecular formula is C10H15NO4S2. The molecule has 5 nitrogen and oxygen atoms in total. The second-order valence-corrected chi connectivity index (χ2v) is 6.38. The molecule has 0 saturated carbocycles. The van der Waals surface area contributed by atoms with Gasteiger partial charge in [-0.15, -0.1) is 11.3 Å².